The Kier molecular flexibility index (Phi) is 3.48. The third-order valence-corrected chi connectivity index (χ3v) is 4.69. The Morgan fingerprint density at radius 2 is 1.54 bits per heavy atom. The number of hydrogen-bond donors (Lipinski definition) is 0. The highest BCUT2D eigenvalue weighted by atomic mass is 16.5. The van der Waals surface area contributed by atoms with Crippen molar-refractivity contribution in [3.8, 4) is 28.3 Å². The predicted molar refractivity (Wildman–Crippen MR) is 95.8 cm³/mol. The number of rotatable bonds is 2. The lowest BCUT2D eigenvalue weighted by Crippen LogP contribution is -2.11. The molecule has 0 heterocycles. The zero-order valence-corrected chi connectivity index (χ0v) is 14.1. The van der Waals surface area contributed by atoms with E-state index >= 15 is 0 Å². The summed E-state index contributed by atoms with van der Waals surface area (Å²) < 4.78 is 9.84. The van der Waals surface area contributed by atoms with E-state index in [2.05, 4.69) is 0 Å². The molecule has 126 valence electrons. The average Bonchev–Trinajstić information content (AvgIpc) is 3.02. The topological polar surface area (TPSA) is 76.4 Å². The normalized spacial score (nSPS) is 11.0. The third kappa shape index (κ3) is 1.96. The number of esters is 2. The molecule has 0 bridgehead atoms. The van der Waals surface area contributed by atoms with E-state index in [9.17, 15) is 14.9 Å². The van der Waals surface area contributed by atoms with Gasteiger partial charge >= 0.3 is 11.9 Å². The van der Waals surface area contributed by atoms with Gasteiger partial charge in [-0.3, -0.25) is 0 Å². The maximum atomic E-state index is 12.5. The van der Waals surface area contributed by atoms with Crippen molar-refractivity contribution in [1.82, 2.24) is 0 Å². The SMILES string of the molecule is COC(=O)c1cc(C#N)c(C(=O)OC)c2c1-c1cccc3cccc-2c13. The summed E-state index contributed by atoms with van der Waals surface area (Å²) in [5, 5.41) is 11.5. The van der Waals surface area contributed by atoms with Crippen LogP contribution in [0.15, 0.2) is 42.5 Å². The minimum absolute atomic E-state index is 0.0841. The first-order valence-corrected chi connectivity index (χ1v) is 7.92. The number of hydrogen-bond acceptors (Lipinski definition) is 5. The maximum absolute atomic E-state index is 12.5. The molecule has 1 aliphatic carbocycles. The van der Waals surface area contributed by atoms with Gasteiger partial charge in [-0.25, -0.2) is 9.59 Å². The van der Waals surface area contributed by atoms with E-state index in [1.54, 1.807) is 0 Å². The summed E-state index contributed by atoms with van der Waals surface area (Å²) in [5.74, 6) is -1.17. The van der Waals surface area contributed by atoms with Gasteiger partial charge in [0.1, 0.15) is 6.07 Å². The molecular formula is C21H13NO4. The first-order valence-electron chi connectivity index (χ1n) is 7.92. The number of fused-ring (bicyclic) bond motifs is 3. The molecule has 3 aromatic carbocycles. The number of benzene rings is 3. The molecule has 3 aromatic rings. The van der Waals surface area contributed by atoms with Crippen molar-refractivity contribution in [3.63, 3.8) is 0 Å². The molecule has 0 aromatic heterocycles. The van der Waals surface area contributed by atoms with Crippen molar-refractivity contribution in [2.75, 3.05) is 14.2 Å². The predicted octanol–water partition coefficient (Wildman–Crippen LogP) is 3.93. The molecule has 5 nitrogen and oxygen atoms in total. The number of nitrogens with zero attached hydrogens (tertiary/aromatic N) is 1. The van der Waals surface area contributed by atoms with Crippen molar-refractivity contribution >= 4 is 22.7 Å². The van der Waals surface area contributed by atoms with E-state index in [1.165, 1.54) is 20.3 Å². The zero-order valence-electron chi connectivity index (χ0n) is 14.1. The van der Waals surface area contributed by atoms with Gasteiger partial charge in [-0.15, -0.1) is 0 Å². The van der Waals surface area contributed by atoms with E-state index in [0.717, 1.165) is 21.9 Å². The largest absolute Gasteiger partial charge is 0.465 e. The van der Waals surface area contributed by atoms with Crippen LogP contribution in [0.4, 0.5) is 0 Å². The van der Waals surface area contributed by atoms with Gasteiger partial charge in [-0.2, -0.15) is 5.26 Å². The van der Waals surface area contributed by atoms with Crippen LogP contribution in [-0.4, -0.2) is 26.2 Å². The second kappa shape index (κ2) is 5.71. The number of ether oxygens (including phenoxy) is 2. The Labute approximate surface area is 149 Å². The number of carbonyl (C=O) groups excluding carboxylic acids is 2. The molecule has 0 saturated heterocycles. The van der Waals surface area contributed by atoms with Crippen LogP contribution in [0, 0.1) is 11.3 Å². The second-order valence-corrected chi connectivity index (χ2v) is 5.90. The molecular weight excluding hydrogens is 330 g/mol. The smallest absolute Gasteiger partial charge is 0.339 e. The molecule has 0 amide bonds. The minimum Gasteiger partial charge on any atom is -0.465 e. The molecule has 0 radical (unpaired) electrons. The molecule has 0 spiro atoms. The Bertz CT molecular complexity index is 1150. The van der Waals surface area contributed by atoms with Gasteiger partial charge in [0.2, 0.25) is 0 Å². The Morgan fingerprint density at radius 3 is 2.12 bits per heavy atom. The molecule has 0 saturated carbocycles. The van der Waals surface area contributed by atoms with E-state index in [4.69, 9.17) is 9.47 Å². The quantitative estimate of drug-likeness (QED) is 0.515. The van der Waals surface area contributed by atoms with Crippen molar-refractivity contribution < 1.29 is 19.1 Å². The van der Waals surface area contributed by atoms with Crippen LogP contribution in [0.1, 0.15) is 26.3 Å². The Morgan fingerprint density at radius 1 is 0.923 bits per heavy atom. The summed E-state index contributed by atoms with van der Waals surface area (Å²) in [6.07, 6.45) is 0. The van der Waals surface area contributed by atoms with Gasteiger partial charge < -0.3 is 9.47 Å². The van der Waals surface area contributed by atoms with Gasteiger partial charge in [0.05, 0.1) is 30.9 Å². The summed E-state index contributed by atoms with van der Waals surface area (Å²) in [5.41, 5.74) is 3.29. The molecule has 4 rings (SSSR count). The molecule has 0 atom stereocenters. The third-order valence-electron chi connectivity index (χ3n) is 4.69. The van der Waals surface area contributed by atoms with E-state index in [-0.39, 0.29) is 16.7 Å². The Balaban J connectivity index is 2.25. The van der Waals surface area contributed by atoms with Crippen LogP contribution in [0.2, 0.25) is 0 Å². The first kappa shape index (κ1) is 15.9. The summed E-state index contributed by atoms with van der Waals surface area (Å²) in [6.45, 7) is 0. The average molecular weight is 343 g/mol. The molecule has 0 N–H and O–H groups in total. The maximum Gasteiger partial charge on any atom is 0.339 e. The van der Waals surface area contributed by atoms with Gasteiger partial charge in [0, 0.05) is 11.1 Å². The summed E-state index contributed by atoms with van der Waals surface area (Å²) >= 11 is 0. The van der Waals surface area contributed by atoms with Crippen LogP contribution in [0.5, 0.6) is 0 Å². The van der Waals surface area contributed by atoms with Gasteiger partial charge in [-0.05, 0) is 28.0 Å². The highest BCUT2D eigenvalue weighted by Crippen LogP contribution is 2.51. The van der Waals surface area contributed by atoms with Crippen LogP contribution in [0.25, 0.3) is 33.0 Å². The van der Waals surface area contributed by atoms with Crippen LogP contribution in [-0.2, 0) is 9.47 Å². The Hall–Kier alpha value is -3.65. The zero-order chi connectivity index (χ0) is 18.4. The highest BCUT2D eigenvalue weighted by Gasteiger charge is 2.33. The summed E-state index contributed by atoms with van der Waals surface area (Å²) in [6, 6.07) is 14.9. The lowest BCUT2D eigenvalue weighted by Gasteiger charge is -2.14. The van der Waals surface area contributed by atoms with Crippen molar-refractivity contribution in [1.29, 1.82) is 5.26 Å². The standard InChI is InChI=1S/C21H13NO4/c1-25-20(23)15-9-12(10-22)17(21(24)26-2)19-14-8-4-6-11-5-3-7-13(16(11)14)18(15)19/h3-9H,1-2H3. The summed E-state index contributed by atoms with van der Waals surface area (Å²) in [4.78, 5) is 24.9. The molecule has 0 unspecified atom stereocenters. The highest BCUT2D eigenvalue weighted by molar-refractivity contribution is 6.23. The number of methoxy groups -OCH3 is 2. The van der Waals surface area contributed by atoms with Gasteiger partial charge in [0.25, 0.3) is 0 Å². The monoisotopic (exact) mass is 343 g/mol. The van der Waals surface area contributed by atoms with Crippen LogP contribution >= 0.6 is 0 Å². The molecule has 0 aliphatic heterocycles. The van der Waals surface area contributed by atoms with Crippen molar-refractivity contribution in [2.45, 2.75) is 0 Å². The molecule has 26 heavy (non-hydrogen) atoms. The van der Waals surface area contributed by atoms with Gasteiger partial charge in [-0.1, -0.05) is 36.4 Å². The fourth-order valence-corrected chi connectivity index (χ4v) is 3.66. The number of carbonyl (C=O) groups is 2. The van der Waals surface area contributed by atoms with Crippen LogP contribution < -0.4 is 0 Å². The van der Waals surface area contributed by atoms with E-state index in [1.807, 2.05) is 42.5 Å². The van der Waals surface area contributed by atoms with Crippen LogP contribution in [0.3, 0.4) is 0 Å². The minimum atomic E-state index is -0.612. The molecule has 5 heteroatoms. The fourth-order valence-electron chi connectivity index (χ4n) is 3.66. The van der Waals surface area contributed by atoms with E-state index < -0.39 is 11.9 Å². The molecule has 0 fully saturated rings. The van der Waals surface area contributed by atoms with Crippen molar-refractivity contribution in [3.05, 3.63) is 59.2 Å². The van der Waals surface area contributed by atoms with Crippen molar-refractivity contribution in [2.24, 2.45) is 0 Å². The summed E-state index contributed by atoms with van der Waals surface area (Å²) in [7, 11) is 2.56. The lowest BCUT2D eigenvalue weighted by molar-refractivity contribution is 0.0588. The van der Waals surface area contributed by atoms with E-state index in [0.29, 0.717) is 11.1 Å². The lowest BCUT2D eigenvalue weighted by atomic mass is 9.90. The number of nitriles is 1. The second-order valence-electron chi connectivity index (χ2n) is 5.90. The fraction of sp³-hybridized carbons (Fsp3) is 0.0952. The molecule has 1 aliphatic rings. The first-order chi connectivity index (χ1) is 12.6. The van der Waals surface area contributed by atoms with Gasteiger partial charge in [0.15, 0.2) is 0 Å².